The summed E-state index contributed by atoms with van der Waals surface area (Å²) in [6, 6.07) is 0. The summed E-state index contributed by atoms with van der Waals surface area (Å²) in [7, 11) is 0. The number of nitrogens with two attached hydrogens (primary N) is 1. The van der Waals surface area contributed by atoms with Gasteiger partial charge >= 0.3 is 0 Å². The Balaban J connectivity index is 1.84. The first-order valence-corrected chi connectivity index (χ1v) is 11.6. The molecular weight excluding hydrogens is 368 g/mol. The highest BCUT2D eigenvalue weighted by Crippen LogP contribution is 2.42. The van der Waals surface area contributed by atoms with Gasteiger partial charge in [0.2, 0.25) is 0 Å². The molecule has 28 heavy (non-hydrogen) atoms. The highest BCUT2D eigenvalue weighted by molar-refractivity contribution is 7.21. The monoisotopic (exact) mass is 400 g/mol. The van der Waals surface area contributed by atoms with Crippen LogP contribution in [-0.4, -0.2) is 42.0 Å². The Morgan fingerprint density at radius 3 is 2.46 bits per heavy atom. The van der Waals surface area contributed by atoms with Gasteiger partial charge in [-0.25, -0.2) is 4.98 Å². The fourth-order valence-corrected chi connectivity index (χ4v) is 5.78. The molecule has 1 fully saturated rings. The molecule has 152 valence electrons. The number of carbonyl (C=O) groups is 1. The largest absolute Gasteiger partial charge is 0.397 e. The number of hydrogen-bond acceptors (Lipinski definition) is 5. The Morgan fingerprint density at radius 1 is 1.18 bits per heavy atom. The molecule has 3 heterocycles. The van der Waals surface area contributed by atoms with Crippen LogP contribution in [0.25, 0.3) is 10.2 Å². The fraction of sp³-hybridized carbons (Fsp3) is 0.636. The Bertz CT molecular complexity index is 879. The molecule has 5 nitrogen and oxygen atoms in total. The Morgan fingerprint density at radius 2 is 1.82 bits per heavy atom. The van der Waals surface area contributed by atoms with Crippen molar-refractivity contribution in [3.63, 3.8) is 0 Å². The van der Waals surface area contributed by atoms with E-state index in [1.807, 2.05) is 18.7 Å². The van der Waals surface area contributed by atoms with Crippen molar-refractivity contribution in [1.82, 2.24) is 9.88 Å². The molecule has 0 bridgehead atoms. The van der Waals surface area contributed by atoms with E-state index in [2.05, 4.69) is 11.8 Å². The van der Waals surface area contributed by atoms with Crippen molar-refractivity contribution >= 4 is 39.0 Å². The summed E-state index contributed by atoms with van der Waals surface area (Å²) in [4.78, 5) is 24.1. The molecule has 0 spiro atoms. The second-order valence-electron chi connectivity index (χ2n) is 8.27. The first-order valence-electron chi connectivity index (χ1n) is 10.8. The van der Waals surface area contributed by atoms with Gasteiger partial charge in [-0.2, -0.15) is 0 Å². The zero-order valence-electron chi connectivity index (χ0n) is 17.4. The number of amides is 1. The molecule has 0 radical (unpaired) electrons. The van der Waals surface area contributed by atoms with Gasteiger partial charge in [0.15, 0.2) is 0 Å². The number of pyridine rings is 1. The number of thiophene rings is 1. The Labute approximate surface area is 171 Å². The quantitative estimate of drug-likeness (QED) is 0.822. The molecule has 4 rings (SSSR count). The third-order valence-corrected chi connectivity index (χ3v) is 7.59. The molecule has 0 aromatic carbocycles. The van der Waals surface area contributed by atoms with E-state index < -0.39 is 0 Å². The maximum absolute atomic E-state index is 13.0. The number of fused-ring (bicyclic) bond motifs is 3. The number of aryl methyl sites for hydroxylation is 1. The van der Waals surface area contributed by atoms with Crippen molar-refractivity contribution < 1.29 is 4.79 Å². The number of rotatable bonds is 4. The van der Waals surface area contributed by atoms with E-state index >= 15 is 0 Å². The normalized spacial score (nSPS) is 17.8. The second kappa shape index (κ2) is 7.90. The van der Waals surface area contributed by atoms with Crippen LogP contribution in [0, 0.1) is 5.92 Å². The van der Waals surface area contributed by atoms with Gasteiger partial charge in [0, 0.05) is 31.6 Å². The number of nitrogen functional groups attached to an aromatic ring is 1. The number of anilines is 2. The topological polar surface area (TPSA) is 62.5 Å². The number of piperidine rings is 1. The first kappa shape index (κ1) is 19.5. The molecule has 2 aromatic rings. The third kappa shape index (κ3) is 3.25. The lowest BCUT2D eigenvalue weighted by Gasteiger charge is -2.34. The summed E-state index contributed by atoms with van der Waals surface area (Å²) in [5.41, 5.74) is 9.97. The van der Waals surface area contributed by atoms with Crippen LogP contribution in [0.3, 0.4) is 0 Å². The highest BCUT2D eigenvalue weighted by Gasteiger charge is 2.29. The summed E-state index contributed by atoms with van der Waals surface area (Å²) in [5.74, 6) is 2.01. The van der Waals surface area contributed by atoms with Gasteiger partial charge in [-0.1, -0.05) is 6.92 Å². The predicted molar refractivity (Wildman–Crippen MR) is 119 cm³/mol. The minimum atomic E-state index is 0.0448. The molecule has 6 heteroatoms. The van der Waals surface area contributed by atoms with Gasteiger partial charge in [-0.3, -0.25) is 4.79 Å². The molecule has 0 saturated carbocycles. The standard InChI is InChI=1S/C22H32N4OS/c1-4-25(5-2)22(27)19-18(23)17-15-8-6-7-9-16(15)20(24-21(17)28-19)26-12-10-14(3)11-13-26/h14H,4-13,23H2,1-3H3. The van der Waals surface area contributed by atoms with Crippen molar-refractivity contribution in [2.75, 3.05) is 36.8 Å². The molecule has 2 aliphatic rings. The first-order chi connectivity index (χ1) is 13.5. The molecule has 0 atom stereocenters. The zero-order valence-corrected chi connectivity index (χ0v) is 18.2. The molecular formula is C22H32N4OS. The minimum Gasteiger partial charge on any atom is -0.397 e. The number of hydrogen-bond donors (Lipinski definition) is 1. The summed E-state index contributed by atoms with van der Waals surface area (Å²) < 4.78 is 0. The highest BCUT2D eigenvalue weighted by atomic mass is 32.1. The maximum atomic E-state index is 13.0. The number of aromatic nitrogens is 1. The Kier molecular flexibility index (Phi) is 5.50. The van der Waals surface area contributed by atoms with Crippen LogP contribution in [0.5, 0.6) is 0 Å². The molecule has 1 aliphatic heterocycles. The van der Waals surface area contributed by atoms with E-state index in [9.17, 15) is 4.79 Å². The van der Waals surface area contributed by atoms with E-state index in [1.165, 1.54) is 48.1 Å². The van der Waals surface area contributed by atoms with Crippen LogP contribution >= 0.6 is 11.3 Å². The van der Waals surface area contributed by atoms with Gasteiger partial charge in [0.05, 0.1) is 5.69 Å². The summed E-state index contributed by atoms with van der Waals surface area (Å²) in [6.45, 7) is 9.93. The van der Waals surface area contributed by atoms with Crippen LogP contribution in [0.1, 0.15) is 67.3 Å². The fourth-order valence-electron chi connectivity index (χ4n) is 4.69. The van der Waals surface area contributed by atoms with Gasteiger partial charge in [-0.15, -0.1) is 11.3 Å². The van der Waals surface area contributed by atoms with Gasteiger partial charge < -0.3 is 15.5 Å². The molecule has 0 unspecified atom stereocenters. The summed E-state index contributed by atoms with van der Waals surface area (Å²) >= 11 is 1.49. The second-order valence-corrected chi connectivity index (χ2v) is 9.27. The lowest BCUT2D eigenvalue weighted by Crippen LogP contribution is -2.34. The van der Waals surface area contributed by atoms with Crippen molar-refractivity contribution in [3.8, 4) is 0 Å². The maximum Gasteiger partial charge on any atom is 0.266 e. The number of nitrogens with zero attached hydrogens (tertiary/aromatic N) is 3. The van der Waals surface area contributed by atoms with Crippen molar-refractivity contribution in [1.29, 1.82) is 0 Å². The van der Waals surface area contributed by atoms with E-state index in [0.717, 1.165) is 47.9 Å². The number of carbonyl (C=O) groups excluding carboxylic acids is 1. The van der Waals surface area contributed by atoms with Gasteiger partial charge in [0.1, 0.15) is 15.5 Å². The smallest absolute Gasteiger partial charge is 0.266 e. The molecule has 1 amide bonds. The minimum absolute atomic E-state index is 0.0448. The van der Waals surface area contributed by atoms with Crippen LogP contribution in [0.15, 0.2) is 0 Å². The van der Waals surface area contributed by atoms with E-state index in [-0.39, 0.29) is 5.91 Å². The van der Waals surface area contributed by atoms with E-state index in [0.29, 0.717) is 23.7 Å². The predicted octanol–water partition coefficient (Wildman–Crippen LogP) is 4.48. The lowest BCUT2D eigenvalue weighted by atomic mass is 9.89. The molecule has 2 N–H and O–H groups in total. The van der Waals surface area contributed by atoms with Crippen LogP contribution in [-0.2, 0) is 12.8 Å². The van der Waals surface area contributed by atoms with Gasteiger partial charge in [0.25, 0.3) is 5.91 Å². The van der Waals surface area contributed by atoms with E-state index in [4.69, 9.17) is 10.7 Å². The SMILES string of the molecule is CCN(CC)C(=O)c1sc2nc(N3CCC(C)CC3)c3c(c2c1N)CCCC3. The molecule has 1 saturated heterocycles. The van der Waals surface area contributed by atoms with E-state index in [1.54, 1.807) is 0 Å². The van der Waals surface area contributed by atoms with Crippen molar-refractivity contribution in [3.05, 3.63) is 16.0 Å². The van der Waals surface area contributed by atoms with Crippen LogP contribution in [0.4, 0.5) is 11.5 Å². The van der Waals surface area contributed by atoms with Crippen molar-refractivity contribution in [2.45, 2.75) is 59.3 Å². The Hall–Kier alpha value is -1.82. The molecule has 1 aliphatic carbocycles. The van der Waals surface area contributed by atoms with Crippen molar-refractivity contribution in [2.24, 2.45) is 5.92 Å². The summed E-state index contributed by atoms with van der Waals surface area (Å²) in [5, 5.41) is 1.06. The van der Waals surface area contributed by atoms with Crippen LogP contribution in [0.2, 0.25) is 0 Å². The van der Waals surface area contributed by atoms with Crippen LogP contribution < -0.4 is 10.6 Å². The van der Waals surface area contributed by atoms with Gasteiger partial charge in [-0.05, 0) is 69.4 Å². The molecule has 2 aromatic heterocycles. The summed E-state index contributed by atoms with van der Waals surface area (Å²) in [6.07, 6.45) is 6.99. The lowest BCUT2D eigenvalue weighted by molar-refractivity contribution is 0.0779. The third-order valence-electron chi connectivity index (χ3n) is 6.50. The average Bonchev–Trinajstić information content (AvgIpc) is 3.05. The zero-order chi connectivity index (χ0) is 19.8. The average molecular weight is 401 g/mol.